The Hall–Kier alpha value is -3.22. The van der Waals surface area contributed by atoms with Crippen molar-refractivity contribution in [3.8, 4) is 17.2 Å². The van der Waals surface area contributed by atoms with Crippen molar-refractivity contribution < 1.29 is 23.8 Å². The molecule has 3 N–H and O–H groups in total. The third kappa shape index (κ3) is 4.13. The number of carbonyl (C=O) groups excluding carboxylic acids is 2. The molecule has 0 aromatic heterocycles. The summed E-state index contributed by atoms with van der Waals surface area (Å²) >= 11 is 0. The number of fused-ring (bicyclic) bond motifs is 1. The lowest BCUT2D eigenvalue weighted by atomic mass is 10.1. The zero-order valence-electron chi connectivity index (χ0n) is 15.3. The number of hydrogen-bond acceptors (Lipinski definition) is 5. The van der Waals surface area contributed by atoms with Gasteiger partial charge in [-0.05, 0) is 54.7 Å². The highest BCUT2D eigenvalue weighted by Crippen LogP contribution is 2.38. The first-order valence-corrected chi connectivity index (χ1v) is 8.62. The van der Waals surface area contributed by atoms with Crippen LogP contribution < -0.4 is 25.3 Å². The molecule has 7 nitrogen and oxygen atoms in total. The predicted octanol–water partition coefficient (Wildman–Crippen LogP) is 2.31. The second-order valence-corrected chi connectivity index (χ2v) is 6.26. The zero-order chi connectivity index (χ0) is 19.4. The lowest BCUT2D eigenvalue weighted by Crippen LogP contribution is -2.20. The number of aryl methyl sites for hydroxylation is 2. The molecule has 0 unspecified atom stereocenters. The molecule has 0 fully saturated rings. The highest BCUT2D eigenvalue weighted by atomic mass is 16.5. The van der Waals surface area contributed by atoms with Crippen molar-refractivity contribution in [2.75, 3.05) is 26.1 Å². The molecule has 3 rings (SSSR count). The van der Waals surface area contributed by atoms with Gasteiger partial charge in [0.15, 0.2) is 18.1 Å². The number of rotatable bonds is 7. The second-order valence-electron chi connectivity index (χ2n) is 6.26. The summed E-state index contributed by atoms with van der Waals surface area (Å²) in [6.45, 7) is -0.326. The highest BCUT2D eigenvalue weighted by molar-refractivity contribution is 6.05. The fraction of sp³-hybridized carbons (Fsp3) is 0.300. The smallest absolute Gasteiger partial charge is 0.255 e. The monoisotopic (exact) mass is 370 g/mol. The first-order valence-electron chi connectivity index (χ1n) is 8.62. The Morgan fingerprint density at radius 1 is 1.04 bits per heavy atom. The SMILES string of the molecule is COc1cc(C(=O)Nc2ccc3c(c2)CCC3)cc(OC)c1OCC(N)=O. The Bertz CT molecular complexity index is 854. The Morgan fingerprint density at radius 3 is 2.33 bits per heavy atom. The number of hydrogen-bond donors (Lipinski definition) is 2. The van der Waals surface area contributed by atoms with Gasteiger partial charge in [0.05, 0.1) is 14.2 Å². The number of nitrogens with one attached hydrogen (secondary N) is 1. The molecule has 0 saturated carbocycles. The van der Waals surface area contributed by atoms with E-state index in [4.69, 9.17) is 19.9 Å². The van der Waals surface area contributed by atoms with Crippen LogP contribution in [0.4, 0.5) is 5.69 Å². The molecule has 1 aliphatic rings. The number of methoxy groups -OCH3 is 2. The maximum absolute atomic E-state index is 12.7. The van der Waals surface area contributed by atoms with Crippen LogP contribution in [0.2, 0.25) is 0 Å². The lowest BCUT2D eigenvalue weighted by Gasteiger charge is -2.15. The van der Waals surface area contributed by atoms with Crippen molar-refractivity contribution in [2.24, 2.45) is 5.73 Å². The normalized spacial score (nSPS) is 12.2. The molecule has 0 heterocycles. The first-order chi connectivity index (χ1) is 13.0. The minimum Gasteiger partial charge on any atom is -0.493 e. The summed E-state index contributed by atoms with van der Waals surface area (Å²) in [5, 5.41) is 2.90. The number of benzene rings is 2. The molecule has 0 bridgehead atoms. The average molecular weight is 370 g/mol. The molecule has 142 valence electrons. The van der Waals surface area contributed by atoms with E-state index in [0.29, 0.717) is 5.56 Å². The topological polar surface area (TPSA) is 99.9 Å². The molecule has 0 spiro atoms. The first kappa shape index (κ1) is 18.6. The predicted molar refractivity (Wildman–Crippen MR) is 101 cm³/mol. The van der Waals surface area contributed by atoms with E-state index in [1.807, 2.05) is 12.1 Å². The molecule has 0 atom stereocenters. The second kappa shape index (κ2) is 7.99. The maximum Gasteiger partial charge on any atom is 0.255 e. The van der Waals surface area contributed by atoms with E-state index in [0.717, 1.165) is 24.9 Å². The van der Waals surface area contributed by atoms with E-state index >= 15 is 0 Å². The van der Waals surface area contributed by atoms with Crippen LogP contribution in [0.25, 0.3) is 0 Å². The number of ether oxygens (including phenoxy) is 3. The molecule has 7 heteroatoms. The van der Waals surface area contributed by atoms with Crippen LogP contribution in [0, 0.1) is 0 Å². The number of amides is 2. The summed E-state index contributed by atoms with van der Waals surface area (Å²) < 4.78 is 15.9. The van der Waals surface area contributed by atoms with Gasteiger partial charge in [-0.25, -0.2) is 0 Å². The molecular weight excluding hydrogens is 348 g/mol. The van der Waals surface area contributed by atoms with E-state index in [-0.39, 0.29) is 29.8 Å². The Labute approximate surface area is 157 Å². The molecule has 0 saturated heterocycles. The van der Waals surface area contributed by atoms with Crippen molar-refractivity contribution in [1.82, 2.24) is 0 Å². The molecule has 2 aromatic rings. The van der Waals surface area contributed by atoms with Crippen molar-refractivity contribution >= 4 is 17.5 Å². The van der Waals surface area contributed by atoms with Crippen molar-refractivity contribution in [2.45, 2.75) is 19.3 Å². The summed E-state index contributed by atoms with van der Waals surface area (Å²) in [5.74, 6) is -0.166. The fourth-order valence-corrected chi connectivity index (χ4v) is 3.15. The van der Waals surface area contributed by atoms with Crippen LogP contribution in [0.3, 0.4) is 0 Å². The van der Waals surface area contributed by atoms with E-state index < -0.39 is 5.91 Å². The average Bonchev–Trinajstić information content (AvgIpc) is 3.13. The largest absolute Gasteiger partial charge is 0.493 e. The molecule has 2 aromatic carbocycles. The van der Waals surface area contributed by atoms with Gasteiger partial charge >= 0.3 is 0 Å². The summed E-state index contributed by atoms with van der Waals surface area (Å²) in [6.07, 6.45) is 3.27. The van der Waals surface area contributed by atoms with E-state index in [1.165, 1.54) is 37.5 Å². The standard InChI is InChI=1S/C20H22N2O5/c1-25-16-9-14(10-17(26-2)19(16)27-11-18(21)23)20(24)22-15-7-6-12-4-3-5-13(12)8-15/h6-10H,3-5,11H2,1-2H3,(H2,21,23)(H,22,24). The molecule has 0 radical (unpaired) electrons. The Morgan fingerprint density at radius 2 is 1.70 bits per heavy atom. The van der Waals surface area contributed by atoms with Gasteiger partial charge in [0.1, 0.15) is 0 Å². The maximum atomic E-state index is 12.7. The lowest BCUT2D eigenvalue weighted by molar-refractivity contribution is -0.120. The molecule has 27 heavy (non-hydrogen) atoms. The van der Waals surface area contributed by atoms with Crippen LogP contribution in [-0.2, 0) is 17.6 Å². The van der Waals surface area contributed by atoms with Crippen LogP contribution in [-0.4, -0.2) is 32.6 Å². The van der Waals surface area contributed by atoms with Crippen LogP contribution in [0.5, 0.6) is 17.2 Å². The van der Waals surface area contributed by atoms with Crippen molar-refractivity contribution in [1.29, 1.82) is 0 Å². The summed E-state index contributed by atoms with van der Waals surface area (Å²) in [5.41, 5.74) is 8.82. The fourth-order valence-electron chi connectivity index (χ4n) is 3.15. The van der Waals surface area contributed by atoms with Gasteiger partial charge in [0, 0.05) is 11.3 Å². The Balaban J connectivity index is 1.84. The zero-order valence-corrected chi connectivity index (χ0v) is 15.3. The van der Waals surface area contributed by atoms with Crippen molar-refractivity contribution in [3.05, 3.63) is 47.0 Å². The quantitative estimate of drug-likeness (QED) is 0.779. The van der Waals surface area contributed by atoms with Gasteiger partial charge in [-0.2, -0.15) is 0 Å². The molecule has 2 amide bonds. The Kier molecular flexibility index (Phi) is 5.49. The summed E-state index contributed by atoms with van der Waals surface area (Å²) in [6, 6.07) is 9.03. The third-order valence-corrected chi connectivity index (χ3v) is 4.44. The van der Waals surface area contributed by atoms with Crippen molar-refractivity contribution in [3.63, 3.8) is 0 Å². The minimum absolute atomic E-state index is 0.216. The van der Waals surface area contributed by atoms with Gasteiger partial charge in [0.25, 0.3) is 11.8 Å². The van der Waals surface area contributed by atoms with Gasteiger partial charge in [0.2, 0.25) is 5.75 Å². The van der Waals surface area contributed by atoms with Gasteiger partial charge in [-0.1, -0.05) is 6.07 Å². The van der Waals surface area contributed by atoms with E-state index in [2.05, 4.69) is 11.4 Å². The van der Waals surface area contributed by atoms with Gasteiger partial charge in [-0.3, -0.25) is 9.59 Å². The highest BCUT2D eigenvalue weighted by Gasteiger charge is 2.19. The van der Waals surface area contributed by atoms with Gasteiger partial charge < -0.3 is 25.3 Å². The molecular formula is C20H22N2O5. The number of nitrogens with two attached hydrogens (primary N) is 1. The van der Waals surface area contributed by atoms with E-state index in [9.17, 15) is 9.59 Å². The summed E-state index contributed by atoms with van der Waals surface area (Å²) in [7, 11) is 2.88. The summed E-state index contributed by atoms with van der Waals surface area (Å²) in [4.78, 5) is 23.7. The molecule has 1 aliphatic carbocycles. The number of primary amides is 1. The molecule has 0 aliphatic heterocycles. The number of anilines is 1. The van der Waals surface area contributed by atoms with E-state index in [1.54, 1.807) is 0 Å². The van der Waals surface area contributed by atoms with Crippen LogP contribution in [0.1, 0.15) is 27.9 Å². The van der Waals surface area contributed by atoms with Crippen LogP contribution in [0.15, 0.2) is 30.3 Å². The van der Waals surface area contributed by atoms with Gasteiger partial charge in [-0.15, -0.1) is 0 Å². The number of carbonyl (C=O) groups is 2. The van der Waals surface area contributed by atoms with Crippen LogP contribution >= 0.6 is 0 Å². The third-order valence-electron chi connectivity index (χ3n) is 4.44. The minimum atomic E-state index is -0.627.